The van der Waals surface area contributed by atoms with E-state index in [9.17, 15) is 14.4 Å². The van der Waals surface area contributed by atoms with Crippen LogP contribution in [0.15, 0.2) is 48.7 Å². The number of ketones is 2. The zero-order valence-electron chi connectivity index (χ0n) is 12.7. The van der Waals surface area contributed by atoms with Gasteiger partial charge in [0.05, 0.1) is 5.56 Å². The smallest absolute Gasteiger partial charge is 0.296 e. The average Bonchev–Trinajstić information content (AvgIpc) is 2.97. The number of rotatable bonds is 4. The topological polar surface area (TPSA) is 79.0 Å². The Morgan fingerprint density at radius 1 is 1.08 bits per heavy atom. The lowest BCUT2D eigenvalue weighted by Crippen LogP contribution is -2.22. The third-order valence-electron chi connectivity index (χ3n) is 3.62. The van der Waals surface area contributed by atoms with E-state index >= 15 is 0 Å². The van der Waals surface area contributed by atoms with Crippen LogP contribution in [0.4, 0.5) is 5.69 Å². The first-order valence-corrected chi connectivity index (χ1v) is 7.57. The van der Waals surface area contributed by atoms with Crippen LogP contribution in [-0.4, -0.2) is 22.5 Å². The molecule has 0 unspecified atom stereocenters. The summed E-state index contributed by atoms with van der Waals surface area (Å²) in [5.74, 6) is -1.59. The van der Waals surface area contributed by atoms with Crippen molar-refractivity contribution in [1.29, 1.82) is 0 Å². The Morgan fingerprint density at radius 2 is 1.88 bits per heavy atom. The number of carbonyl (C=O) groups excluding carboxylic acids is 3. The Hall–Kier alpha value is -2.92. The van der Waals surface area contributed by atoms with Crippen molar-refractivity contribution >= 4 is 45.7 Å². The van der Waals surface area contributed by atoms with Gasteiger partial charge in [-0.25, -0.2) is 0 Å². The summed E-state index contributed by atoms with van der Waals surface area (Å²) in [4.78, 5) is 39.0. The predicted octanol–water partition coefficient (Wildman–Crippen LogP) is 3.85. The van der Waals surface area contributed by atoms with E-state index in [0.717, 1.165) is 0 Å². The maximum atomic E-state index is 12.4. The Bertz CT molecular complexity index is 975. The average molecular weight is 341 g/mol. The van der Waals surface area contributed by atoms with Crippen LogP contribution in [0.25, 0.3) is 10.9 Å². The number of benzene rings is 2. The van der Waals surface area contributed by atoms with Gasteiger partial charge in [0, 0.05) is 33.4 Å². The van der Waals surface area contributed by atoms with E-state index in [1.807, 2.05) is 0 Å². The van der Waals surface area contributed by atoms with Crippen LogP contribution in [-0.2, 0) is 4.79 Å². The molecule has 24 heavy (non-hydrogen) atoms. The third kappa shape index (κ3) is 3.07. The lowest BCUT2D eigenvalue weighted by Gasteiger charge is -2.05. The van der Waals surface area contributed by atoms with Gasteiger partial charge in [0.2, 0.25) is 0 Å². The molecule has 0 spiro atoms. The summed E-state index contributed by atoms with van der Waals surface area (Å²) in [6.07, 6.45) is 1.48. The Morgan fingerprint density at radius 3 is 2.62 bits per heavy atom. The highest BCUT2D eigenvalue weighted by atomic mass is 35.5. The molecule has 0 aliphatic heterocycles. The predicted molar refractivity (Wildman–Crippen MR) is 92.7 cm³/mol. The normalized spacial score (nSPS) is 10.6. The summed E-state index contributed by atoms with van der Waals surface area (Å²) in [6.45, 7) is 1.43. The number of carbonyl (C=O) groups is 3. The SMILES string of the molecule is CC(=O)c1cccc(NC(=O)C(=O)c2c[nH]c3ccc(Cl)cc23)c1. The molecular weight excluding hydrogens is 328 g/mol. The minimum atomic E-state index is -0.781. The third-order valence-corrected chi connectivity index (χ3v) is 3.86. The number of hydrogen-bond donors (Lipinski definition) is 2. The molecule has 0 bridgehead atoms. The fourth-order valence-corrected chi connectivity index (χ4v) is 2.58. The molecule has 0 fully saturated rings. The van der Waals surface area contributed by atoms with Crippen LogP contribution in [0.5, 0.6) is 0 Å². The van der Waals surface area contributed by atoms with Crippen molar-refractivity contribution in [2.75, 3.05) is 5.32 Å². The molecular formula is C18H13ClN2O3. The van der Waals surface area contributed by atoms with Crippen LogP contribution in [0.1, 0.15) is 27.6 Å². The van der Waals surface area contributed by atoms with Gasteiger partial charge in [-0.05, 0) is 37.3 Å². The van der Waals surface area contributed by atoms with Gasteiger partial charge in [-0.15, -0.1) is 0 Å². The van der Waals surface area contributed by atoms with Gasteiger partial charge >= 0.3 is 0 Å². The van der Waals surface area contributed by atoms with Crippen molar-refractivity contribution in [1.82, 2.24) is 4.98 Å². The maximum absolute atomic E-state index is 12.4. The van der Waals surface area contributed by atoms with Crippen molar-refractivity contribution in [3.63, 3.8) is 0 Å². The van der Waals surface area contributed by atoms with Crippen LogP contribution in [0, 0.1) is 0 Å². The molecule has 2 aromatic carbocycles. The van der Waals surface area contributed by atoms with E-state index in [1.165, 1.54) is 19.2 Å². The summed E-state index contributed by atoms with van der Waals surface area (Å²) in [6, 6.07) is 11.5. The zero-order valence-corrected chi connectivity index (χ0v) is 13.5. The second-order valence-electron chi connectivity index (χ2n) is 5.31. The number of nitrogens with one attached hydrogen (secondary N) is 2. The highest BCUT2D eigenvalue weighted by Gasteiger charge is 2.20. The van der Waals surface area contributed by atoms with Crippen LogP contribution in [0.3, 0.4) is 0 Å². The number of amides is 1. The molecule has 0 aliphatic rings. The molecule has 5 nitrogen and oxygen atoms in total. The van der Waals surface area contributed by atoms with Gasteiger partial charge in [0.15, 0.2) is 5.78 Å². The number of aromatic amines is 1. The van der Waals surface area contributed by atoms with Gasteiger partial charge in [-0.2, -0.15) is 0 Å². The number of H-pyrrole nitrogens is 1. The zero-order chi connectivity index (χ0) is 17.3. The summed E-state index contributed by atoms with van der Waals surface area (Å²) in [5, 5.41) is 3.58. The maximum Gasteiger partial charge on any atom is 0.296 e. The van der Waals surface area contributed by atoms with Gasteiger partial charge in [-0.1, -0.05) is 23.7 Å². The van der Waals surface area contributed by atoms with Crippen molar-refractivity contribution in [2.45, 2.75) is 6.92 Å². The lowest BCUT2D eigenvalue weighted by atomic mass is 10.1. The minimum Gasteiger partial charge on any atom is -0.360 e. The summed E-state index contributed by atoms with van der Waals surface area (Å²) >= 11 is 5.95. The Labute approximate surface area is 142 Å². The van der Waals surface area contributed by atoms with Crippen molar-refractivity contribution < 1.29 is 14.4 Å². The van der Waals surface area contributed by atoms with E-state index in [4.69, 9.17) is 11.6 Å². The molecule has 1 heterocycles. The molecule has 120 valence electrons. The second-order valence-corrected chi connectivity index (χ2v) is 5.75. The van der Waals surface area contributed by atoms with E-state index in [-0.39, 0.29) is 11.3 Å². The lowest BCUT2D eigenvalue weighted by molar-refractivity contribution is -0.112. The Balaban J connectivity index is 1.87. The number of hydrogen-bond acceptors (Lipinski definition) is 3. The van der Waals surface area contributed by atoms with Crippen molar-refractivity contribution in [3.8, 4) is 0 Å². The number of aromatic nitrogens is 1. The van der Waals surface area contributed by atoms with Crippen molar-refractivity contribution in [2.24, 2.45) is 0 Å². The summed E-state index contributed by atoms with van der Waals surface area (Å²) in [7, 11) is 0. The highest BCUT2D eigenvalue weighted by Crippen LogP contribution is 2.23. The standard InChI is InChI=1S/C18H13ClN2O3/c1-10(22)11-3-2-4-13(7-11)21-18(24)17(23)15-9-20-16-6-5-12(19)8-14(15)16/h2-9,20H,1H3,(H,21,24). The number of halogens is 1. The molecule has 0 saturated heterocycles. The van der Waals surface area contributed by atoms with Crippen LogP contribution >= 0.6 is 11.6 Å². The molecule has 6 heteroatoms. The van der Waals surface area contributed by atoms with E-state index in [1.54, 1.807) is 36.4 Å². The summed E-state index contributed by atoms with van der Waals surface area (Å²) in [5.41, 5.74) is 1.81. The largest absolute Gasteiger partial charge is 0.360 e. The molecule has 0 saturated carbocycles. The Kier molecular flexibility index (Phi) is 4.18. The summed E-state index contributed by atoms with van der Waals surface area (Å²) < 4.78 is 0. The highest BCUT2D eigenvalue weighted by molar-refractivity contribution is 6.48. The first kappa shape index (κ1) is 16.0. The second kappa shape index (κ2) is 6.29. The van der Waals surface area contributed by atoms with Crippen LogP contribution < -0.4 is 5.32 Å². The van der Waals surface area contributed by atoms with E-state index < -0.39 is 11.7 Å². The molecule has 2 N–H and O–H groups in total. The van der Waals surface area contributed by atoms with E-state index in [2.05, 4.69) is 10.3 Å². The van der Waals surface area contributed by atoms with E-state index in [0.29, 0.717) is 27.2 Å². The molecule has 0 radical (unpaired) electrons. The molecule has 1 amide bonds. The van der Waals surface area contributed by atoms with Crippen LogP contribution in [0.2, 0.25) is 5.02 Å². The molecule has 3 rings (SSSR count). The molecule has 0 aliphatic carbocycles. The monoisotopic (exact) mass is 340 g/mol. The van der Waals surface area contributed by atoms with Gasteiger partial charge in [0.25, 0.3) is 11.7 Å². The first-order chi connectivity index (χ1) is 11.5. The molecule has 3 aromatic rings. The fourth-order valence-electron chi connectivity index (χ4n) is 2.41. The number of anilines is 1. The van der Waals surface area contributed by atoms with Gasteiger partial charge < -0.3 is 10.3 Å². The van der Waals surface area contributed by atoms with Crippen molar-refractivity contribution in [3.05, 3.63) is 64.8 Å². The quantitative estimate of drug-likeness (QED) is 0.559. The number of Topliss-reactive ketones (excluding diaryl/α,β-unsaturated/α-hetero) is 2. The molecule has 0 atom stereocenters. The molecule has 1 aromatic heterocycles. The van der Waals surface area contributed by atoms with Gasteiger partial charge in [0.1, 0.15) is 0 Å². The number of fused-ring (bicyclic) bond motifs is 1. The minimum absolute atomic E-state index is 0.122. The van der Waals surface area contributed by atoms with Gasteiger partial charge in [-0.3, -0.25) is 14.4 Å². The fraction of sp³-hybridized carbons (Fsp3) is 0.0556. The first-order valence-electron chi connectivity index (χ1n) is 7.19.